The summed E-state index contributed by atoms with van der Waals surface area (Å²) in [6.45, 7) is 6.28. The van der Waals surface area contributed by atoms with Gasteiger partial charge in [0.05, 0.1) is 24.1 Å². The van der Waals surface area contributed by atoms with Gasteiger partial charge >= 0.3 is 0 Å². The summed E-state index contributed by atoms with van der Waals surface area (Å²) < 4.78 is 3.33. The van der Waals surface area contributed by atoms with Crippen molar-refractivity contribution in [1.82, 2.24) is 19.6 Å². The van der Waals surface area contributed by atoms with Gasteiger partial charge in [0.2, 0.25) is 5.91 Å². The van der Waals surface area contributed by atoms with Gasteiger partial charge in [-0.25, -0.2) is 4.68 Å². The Hall–Kier alpha value is -4.20. The van der Waals surface area contributed by atoms with Crippen LogP contribution in [-0.2, 0) is 11.3 Å². The van der Waals surface area contributed by atoms with Crippen molar-refractivity contribution >= 4 is 23.3 Å². The molecule has 2 heterocycles. The number of nitrogens with one attached hydrogen (secondary N) is 2. The lowest BCUT2D eigenvalue weighted by Crippen LogP contribution is -2.19. The molecular weight excluding hydrogens is 416 g/mol. The number of carbonyl (C=O) groups is 2. The van der Waals surface area contributed by atoms with Crippen LogP contribution in [0.15, 0.2) is 73.1 Å². The molecule has 8 nitrogen and oxygen atoms in total. The zero-order chi connectivity index (χ0) is 23.4. The van der Waals surface area contributed by atoms with Crippen molar-refractivity contribution in [1.29, 1.82) is 0 Å². The number of anilines is 2. The van der Waals surface area contributed by atoms with E-state index in [-0.39, 0.29) is 23.4 Å². The number of amides is 2. The zero-order valence-electron chi connectivity index (χ0n) is 18.8. The minimum atomic E-state index is -0.389. The monoisotopic (exact) mass is 442 g/mol. The predicted molar refractivity (Wildman–Crippen MR) is 127 cm³/mol. The van der Waals surface area contributed by atoms with Crippen LogP contribution in [0.3, 0.4) is 0 Å². The van der Waals surface area contributed by atoms with Gasteiger partial charge in [-0.15, -0.1) is 0 Å². The molecule has 0 aliphatic carbocycles. The van der Waals surface area contributed by atoms with Crippen molar-refractivity contribution in [3.63, 3.8) is 0 Å². The molecule has 4 rings (SSSR count). The number of rotatable bonds is 7. The standard InChI is InChI=1S/C25H26N6O2/c1-17(2)24(32)28-23-13-22(29-31(23)21-11-5-4-6-12-21)25(33)27-20-14-26-30(16-20)15-19-10-8-7-9-18(19)3/h4-14,16-17H,15H2,1-3H3,(H,27,33)(H,28,32). The van der Waals surface area contributed by atoms with E-state index in [4.69, 9.17) is 0 Å². The lowest BCUT2D eigenvalue weighted by atomic mass is 10.1. The maximum Gasteiger partial charge on any atom is 0.276 e. The van der Waals surface area contributed by atoms with Crippen LogP contribution in [0.2, 0.25) is 0 Å². The molecule has 2 amide bonds. The van der Waals surface area contributed by atoms with Gasteiger partial charge in [-0.3, -0.25) is 14.3 Å². The Morgan fingerprint density at radius 1 is 1.00 bits per heavy atom. The summed E-state index contributed by atoms with van der Waals surface area (Å²) in [7, 11) is 0. The number of nitrogens with zero attached hydrogens (tertiary/aromatic N) is 4. The molecule has 0 bridgehead atoms. The Labute approximate surface area is 192 Å². The van der Waals surface area contributed by atoms with E-state index in [2.05, 4.69) is 39.9 Å². The Morgan fingerprint density at radius 2 is 1.73 bits per heavy atom. The van der Waals surface area contributed by atoms with Gasteiger partial charge in [0.1, 0.15) is 5.82 Å². The third-order valence-corrected chi connectivity index (χ3v) is 5.20. The molecule has 0 saturated carbocycles. The second-order valence-electron chi connectivity index (χ2n) is 8.11. The minimum absolute atomic E-state index is 0.156. The van der Waals surface area contributed by atoms with Crippen LogP contribution < -0.4 is 10.6 Å². The summed E-state index contributed by atoms with van der Waals surface area (Å²) in [6, 6.07) is 19.0. The van der Waals surface area contributed by atoms with Crippen LogP contribution >= 0.6 is 0 Å². The van der Waals surface area contributed by atoms with Crippen LogP contribution in [0.5, 0.6) is 0 Å². The van der Waals surface area contributed by atoms with Gasteiger partial charge in [0.15, 0.2) is 5.69 Å². The molecule has 0 aliphatic rings. The van der Waals surface area contributed by atoms with Gasteiger partial charge < -0.3 is 10.6 Å². The molecular formula is C25H26N6O2. The van der Waals surface area contributed by atoms with E-state index < -0.39 is 0 Å². The summed E-state index contributed by atoms with van der Waals surface area (Å²) in [5.41, 5.74) is 3.83. The van der Waals surface area contributed by atoms with Crippen molar-refractivity contribution in [2.45, 2.75) is 27.3 Å². The van der Waals surface area contributed by atoms with Crippen LogP contribution in [0, 0.1) is 12.8 Å². The number of hydrogen-bond donors (Lipinski definition) is 2. The van der Waals surface area contributed by atoms with E-state index >= 15 is 0 Å². The molecule has 33 heavy (non-hydrogen) atoms. The number of aromatic nitrogens is 4. The SMILES string of the molecule is Cc1ccccc1Cn1cc(NC(=O)c2cc(NC(=O)C(C)C)n(-c3ccccc3)n2)cn1. The third-order valence-electron chi connectivity index (χ3n) is 5.20. The third kappa shape index (κ3) is 5.17. The van der Waals surface area contributed by atoms with Crippen molar-refractivity contribution in [3.8, 4) is 5.69 Å². The Bertz CT molecular complexity index is 1270. The fourth-order valence-electron chi connectivity index (χ4n) is 3.29. The van der Waals surface area contributed by atoms with Crippen molar-refractivity contribution in [2.75, 3.05) is 10.6 Å². The zero-order valence-corrected chi connectivity index (χ0v) is 18.8. The second kappa shape index (κ2) is 9.52. The summed E-state index contributed by atoms with van der Waals surface area (Å²) in [5.74, 6) is -0.322. The quantitative estimate of drug-likeness (QED) is 0.447. The Balaban J connectivity index is 1.53. The maximum atomic E-state index is 12.9. The maximum absolute atomic E-state index is 12.9. The first-order chi connectivity index (χ1) is 15.9. The summed E-state index contributed by atoms with van der Waals surface area (Å²) in [6.07, 6.45) is 3.38. The van der Waals surface area contributed by atoms with E-state index in [0.717, 1.165) is 11.3 Å². The molecule has 0 atom stereocenters. The van der Waals surface area contributed by atoms with Crippen LogP contribution in [0.4, 0.5) is 11.5 Å². The highest BCUT2D eigenvalue weighted by Gasteiger charge is 2.19. The average molecular weight is 443 g/mol. The largest absolute Gasteiger partial charge is 0.318 e. The number of benzene rings is 2. The molecule has 0 fully saturated rings. The van der Waals surface area contributed by atoms with Gasteiger partial charge in [-0.1, -0.05) is 56.3 Å². The number of para-hydroxylation sites is 1. The van der Waals surface area contributed by atoms with E-state index in [9.17, 15) is 9.59 Å². The molecule has 0 saturated heterocycles. The van der Waals surface area contributed by atoms with Gasteiger partial charge in [-0.05, 0) is 30.2 Å². The molecule has 8 heteroatoms. The van der Waals surface area contributed by atoms with Gasteiger partial charge in [-0.2, -0.15) is 10.2 Å². The number of aryl methyl sites for hydroxylation is 1. The van der Waals surface area contributed by atoms with Crippen molar-refractivity contribution in [3.05, 3.63) is 89.9 Å². The first-order valence-electron chi connectivity index (χ1n) is 10.8. The smallest absolute Gasteiger partial charge is 0.276 e. The molecule has 0 radical (unpaired) electrons. The van der Waals surface area contributed by atoms with E-state index in [1.54, 1.807) is 41.7 Å². The molecule has 2 aromatic carbocycles. The summed E-state index contributed by atoms with van der Waals surface area (Å²) >= 11 is 0. The van der Waals surface area contributed by atoms with Crippen molar-refractivity contribution in [2.24, 2.45) is 5.92 Å². The first kappa shape index (κ1) is 22.0. The Morgan fingerprint density at radius 3 is 2.45 bits per heavy atom. The minimum Gasteiger partial charge on any atom is -0.318 e. The average Bonchev–Trinajstić information content (AvgIpc) is 3.43. The van der Waals surface area contributed by atoms with Gasteiger partial charge in [0, 0.05) is 18.2 Å². The molecule has 0 unspecified atom stereocenters. The second-order valence-corrected chi connectivity index (χ2v) is 8.11. The van der Waals surface area contributed by atoms with E-state index in [0.29, 0.717) is 18.1 Å². The number of hydrogen-bond acceptors (Lipinski definition) is 4. The molecule has 168 valence electrons. The fraction of sp³-hybridized carbons (Fsp3) is 0.200. The van der Waals surface area contributed by atoms with Gasteiger partial charge in [0.25, 0.3) is 5.91 Å². The highest BCUT2D eigenvalue weighted by Crippen LogP contribution is 2.19. The number of carbonyl (C=O) groups excluding carboxylic acids is 2. The molecule has 4 aromatic rings. The van der Waals surface area contributed by atoms with Crippen LogP contribution in [0.25, 0.3) is 5.69 Å². The molecule has 0 aliphatic heterocycles. The fourth-order valence-corrected chi connectivity index (χ4v) is 3.29. The lowest BCUT2D eigenvalue weighted by molar-refractivity contribution is -0.118. The molecule has 0 spiro atoms. The molecule has 2 aromatic heterocycles. The molecule has 2 N–H and O–H groups in total. The normalized spacial score (nSPS) is 10.9. The highest BCUT2D eigenvalue weighted by atomic mass is 16.2. The summed E-state index contributed by atoms with van der Waals surface area (Å²) in [5, 5.41) is 14.5. The van der Waals surface area contributed by atoms with Crippen LogP contribution in [0.1, 0.15) is 35.5 Å². The first-order valence-corrected chi connectivity index (χ1v) is 10.8. The van der Waals surface area contributed by atoms with Crippen molar-refractivity contribution < 1.29 is 9.59 Å². The Kier molecular flexibility index (Phi) is 6.35. The lowest BCUT2D eigenvalue weighted by Gasteiger charge is -2.10. The van der Waals surface area contributed by atoms with E-state index in [1.165, 1.54) is 5.56 Å². The topological polar surface area (TPSA) is 93.8 Å². The highest BCUT2D eigenvalue weighted by molar-refractivity contribution is 6.04. The summed E-state index contributed by atoms with van der Waals surface area (Å²) in [4.78, 5) is 25.2. The van der Waals surface area contributed by atoms with E-state index in [1.807, 2.05) is 42.5 Å². The predicted octanol–water partition coefficient (Wildman–Crippen LogP) is 4.27. The van der Waals surface area contributed by atoms with Crippen LogP contribution in [-0.4, -0.2) is 31.4 Å².